The molecule has 4 rings (SSSR count). The molecule has 8 nitrogen and oxygen atoms in total. The second kappa shape index (κ2) is 9.51. The van der Waals surface area contributed by atoms with Crippen molar-refractivity contribution in [3.63, 3.8) is 0 Å². The van der Waals surface area contributed by atoms with Crippen LogP contribution in [0.3, 0.4) is 0 Å². The van der Waals surface area contributed by atoms with Gasteiger partial charge < -0.3 is 10.6 Å². The zero-order chi connectivity index (χ0) is 24.4. The van der Waals surface area contributed by atoms with Crippen LogP contribution in [0.2, 0.25) is 0 Å². The molecule has 0 spiro atoms. The first-order chi connectivity index (χ1) is 16.2. The number of carbonyl (C=O) groups excluding carboxylic acids is 1. The molecule has 0 radical (unpaired) electrons. The van der Waals surface area contributed by atoms with E-state index in [1.54, 1.807) is 22.4 Å². The van der Waals surface area contributed by atoms with Gasteiger partial charge >= 0.3 is 11.7 Å². The van der Waals surface area contributed by atoms with Crippen molar-refractivity contribution < 1.29 is 4.79 Å². The normalized spacial score (nSPS) is 11.4. The van der Waals surface area contributed by atoms with E-state index in [0.717, 1.165) is 16.7 Å². The minimum absolute atomic E-state index is 0.0527. The summed E-state index contributed by atoms with van der Waals surface area (Å²) in [5.74, 6) is 0.926. The molecule has 34 heavy (non-hydrogen) atoms. The summed E-state index contributed by atoms with van der Waals surface area (Å²) >= 11 is 0. The van der Waals surface area contributed by atoms with Crippen molar-refractivity contribution in [2.75, 3.05) is 5.32 Å². The van der Waals surface area contributed by atoms with Crippen molar-refractivity contribution in [3.05, 3.63) is 76.3 Å². The fraction of sp³-hybridized carbons (Fsp3) is 0.308. The quantitative estimate of drug-likeness (QED) is 0.445. The van der Waals surface area contributed by atoms with Gasteiger partial charge in [0.05, 0.1) is 12.7 Å². The van der Waals surface area contributed by atoms with Crippen LogP contribution in [0.1, 0.15) is 44.7 Å². The summed E-state index contributed by atoms with van der Waals surface area (Å²) in [5.41, 5.74) is 4.86. The van der Waals surface area contributed by atoms with E-state index in [1.165, 1.54) is 0 Å². The first-order valence-electron chi connectivity index (χ1n) is 11.4. The lowest BCUT2D eigenvalue weighted by molar-refractivity contribution is 0.250. The van der Waals surface area contributed by atoms with Crippen molar-refractivity contribution in [1.82, 2.24) is 24.4 Å². The third-order valence-electron chi connectivity index (χ3n) is 5.68. The number of carbonyl (C=O) groups is 1. The van der Waals surface area contributed by atoms with Crippen molar-refractivity contribution in [2.45, 2.75) is 46.2 Å². The number of urea groups is 1. The molecule has 0 atom stereocenters. The monoisotopic (exact) mass is 458 g/mol. The lowest BCUT2D eigenvalue weighted by Crippen LogP contribution is -2.34. The van der Waals surface area contributed by atoms with Gasteiger partial charge in [0, 0.05) is 24.3 Å². The average Bonchev–Trinajstić information content (AvgIpc) is 3.04. The molecule has 2 amide bonds. The molecule has 8 heteroatoms. The molecular formula is C26H30N6O2. The van der Waals surface area contributed by atoms with Crippen molar-refractivity contribution in [2.24, 2.45) is 7.05 Å². The number of hydrogen-bond donors (Lipinski definition) is 2. The van der Waals surface area contributed by atoms with Gasteiger partial charge in [-0.2, -0.15) is 0 Å². The van der Waals surface area contributed by atoms with Crippen LogP contribution in [0, 0.1) is 0 Å². The fourth-order valence-corrected chi connectivity index (χ4v) is 3.96. The lowest BCUT2D eigenvalue weighted by Gasteiger charge is -2.12. The molecule has 2 aromatic heterocycles. The molecule has 0 aliphatic heterocycles. The predicted molar refractivity (Wildman–Crippen MR) is 135 cm³/mol. The summed E-state index contributed by atoms with van der Waals surface area (Å²) in [5, 5.41) is 5.60. The van der Waals surface area contributed by atoms with Crippen molar-refractivity contribution >= 4 is 22.9 Å². The van der Waals surface area contributed by atoms with Gasteiger partial charge in [0.25, 0.3) is 0 Å². The van der Waals surface area contributed by atoms with E-state index >= 15 is 0 Å². The van der Waals surface area contributed by atoms with Gasteiger partial charge in [-0.1, -0.05) is 50.2 Å². The molecule has 2 N–H and O–H groups in total. The molecule has 0 fully saturated rings. The van der Waals surface area contributed by atoms with Gasteiger partial charge in [0.2, 0.25) is 0 Å². The topological polar surface area (TPSA) is 93.8 Å². The molecule has 0 saturated carbocycles. The number of nitrogens with zero attached hydrogens (tertiary/aromatic N) is 4. The Morgan fingerprint density at radius 2 is 1.74 bits per heavy atom. The zero-order valence-electron chi connectivity index (χ0n) is 20.2. The molecule has 0 bridgehead atoms. The molecule has 2 aromatic carbocycles. The highest BCUT2D eigenvalue weighted by molar-refractivity contribution is 5.89. The summed E-state index contributed by atoms with van der Waals surface area (Å²) in [7, 11) is 1.73. The maximum atomic E-state index is 13.0. The number of aromatic nitrogens is 4. The Morgan fingerprint density at radius 3 is 2.41 bits per heavy atom. The van der Waals surface area contributed by atoms with Gasteiger partial charge in [-0.25, -0.2) is 19.6 Å². The van der Waals surface area contributed by atoms with Gasteiger partial charge in [-0.05, 0) is 43.0 Å². The molecule has 176 valence electrons. The number of anilines is 1. The molecule has 0 saturated heterocycles. The van der Waals surface area contributed by atoms with E-state index < -0.39 is 0 Å². The smallest absolute Gasteiger partial charge is 0.330 e. The SMILES string of the molecule is CC(C)NC(=O)Nc1ccc(Cn2c(=O)n(C)c3cnc(-c4ccccc4C(C)C)nc32)cc1. The number of aryl methyl sites for hydroxylation is 1. The molecule has 2 heterocycles. The highest BCUT2D eigenvalue weighted by atomic mass is 16.2. The van der Waals surface area contributed by atoms with Gasteiger partial charge in [0.15, 0.2) is 11.5 Å². The third kappa shape index (κ3) is 4.71. The summed E-state index contributed by atoms with van der Waals surface area (Å²) in [4.78, 5) is 34.3. The second-order valence-corrected chi connectivity index (χ2v) is 9.02. The van der Waals surface area contributed by atoms with E-state index in [0.29, 0.717) is 35.1 Å². The minimum Gasteiger partial charge on any atom is -0.336 e. The van der Waals surface area contributed by atoms with Gasteiger partial charge in [-0.15, -0.1) is 0 Å². The number of rotatable bonds is 6. The average molecular weight is 459 g/mol. The number of nitrogens with one attached hydrogen (secondary N) is 2. The highest BCUT2D eigenvalue weighted by Gasteiger charge is 2.17. The molecule has 0 unspecified atom stereocenters. The standard InChI is InChI=1S/C26H30N6O2/c1-16(2)20-8-6-7-9-21(20)23-27-14-22-24(30-23)32(26(34)31(22)5)15-18-10-12-19(13-11-18)29-25(33)28-17(3)4/h6-14,16-17H,15H2,1-5H3,(H2,28,29,33). The van der Waals surface area contributed by atoms with Crippen LogP contribution >= 0.6 is 0 Å². The third-order valence-corrected chi connectivity index (χ3v) is 5.68. The summed E-state index contributed by atoms with van der Waals surface area (Å²) in [6.45, 7) is 8.44. The molecule has 0 aliphatic carbocycles. The molecule has 4 aromatic rings. The maximum Gasteiger partial charge on any atom is 0.330 e. The van der Waals surface area contributed by atoms with Crippen LogP contribution < -0.4 is 16.3 Å². The molecular weight excluding hydrogens is 428 g/mol. The Labute approximate surface area is 198 Å². The number of amides is 2. The Balaban J connectivity index is 1.67. The highest BCUT2D eigenvalue weighted by Crippen LogP contribution is 2.27. The van der Waals surface area contributed by atoms with Crippen LogP contribution in [0.15, 0.2) is 59.5 Å². The first kappa shape index (κ1) is 23.2. The van der Waals surface area contributed by atoms with Crippen LogP contribution in [0.4, 0.5) is 10.5 Å². The Hall–Kier alpha value is -3.94. The van der Waals surface area contributed by atoms with Crippen LogP contribution in [0.5, 0.6) is 0 Å². The summed E-state index contributed by atoms with van der Waals surface area (Å²) in [6, 6.07) is 15.3. The van der Waals surface area contributed by atoms with Crippen molar-refractivity contribution in [3.8, 4) is 11.4 Å². The van der Waals surface area contributed by atoms with Gasteiger partial charge in [0.1, 0.15) is 5.52 Å². The molecule has 0 aliphatic rings. The predicted octanol–water partition coefficient (Wildman–Crippen LogP) is 4.50. The zero-order valence-corrected chi connectivity index (χ0v) is 20.2. The lowest BCUT2D eigenvalue weighted by atomic mass is 9.97. The van der Waals surface area contributed by atoms with E-state index in [4.69, 9.17) is 4.98 Å². The number of hydrogen-bond acceptors (Lipinski definition) is 4. The minimum atomic E-state index is -0.251. The summed E-state index contributed by atoms with van der Waals surface area (Å²) in [6.07, 6.45) is 1.72. The maximum absolute atomic E-state index is 13.0. The Bertz CT molecular complexity index is 1380. The van der Waals surface area contributed by atoms with E-state index in [2.05, 4.69) is 35.5 Å². The van der Waals surface area contributed by atoms with E-state index in [-0.39, 0.29) is 17.8 Å². The first-order valence-corrected chi connectivity index (χ1v) is 11.4. The summed E-state index contributed by atoms with van der Waals surface area (Å²) < 4.78 is 3.23. The number of benzene rings is 2. The van der Waals surface area contributed by atoms with E-state index in [9.17, 15) is 9.59 Å². The van der Waals surface area contributed by atoms with Crippen LogP contribution in [0.25, 0.3) is 22.6 Å². The van der Waals surface area contributed by atoms with E-state index in [1.807, 2.05) is 56.3 Å². The van der Waals surface area contributed by atoms with Crippen LogP contribution in [-0.2, 0) is 13.6 Å². The van der Waals surface area contributed by atoms with Gasteiger partial charge in [-0.3, -0.25) is 9.13 Å². The number of fused-ring (bicyclic) bond motifs is 1. The fourth-order valence-electron chi connectivity index (χ4n) is 3.96. The Morgan fingerprint density at radius 1 is 1.03 bits per heavy atom. The Kier molecular flexibility index (Phi) is 6.49. The number of imidazole rings is 1. The van der Waals surface area contributed by atoms with Crippen LogP contribution in [-0.4, -0.2) is 31.2 Å². The largest absolute Gasteiger partial charge is 0.336 e. The van der Waals surface area contributed by atoms with Crippen molar-refractivity contribution in [1.29, 1.82) is 0 Å². The second-order valence-electron chi connectivity index (χ2n) is 9.02.